The molecule has 4 rings (SSSR count). The van der Waals surface area contributed by atoms with Gasteiger partial charge in [-0.25, -0.2) is 4.98 Å². The minimum atomic E-state index is -0.159. The number of hydrogen-bond acceptors (Lipinski definition) is 4. The van der Waals surface area contributed by atoms with Crippen molar-refractivity contribution < 1.29 is 4.79 Å². The molecule has 1 amide bonds. The predicted molar refractivity (Wildman–Crippen MR) is 121 cm³/mol. The van der Waals surface area contributed by atoms with Crippen LogP contribution in [0.4, 0.5) is 0 Å². The van der Waals surface area contributed by atoms with Gasteiger partial charge in [-0.15, -0.1) is 0 Å². The fraction of sp³-hybridized carbons (Fsp3) is 0.375. The summed E-state index contributed by atoms with van der Waals surface area (Å²) in [6, 6.07) is 11.9. The number of piperidine rings is 1. The van der Waals surface area contributed by atoms with Crippen LogP contribution in [-0.4, -0.2) is 39.7 Å². The van der Waals surface area contributed by atoms with Crippen LogP contribution in [0, 0.1) is 12.8 Å². The van der Waals surface area contributed by atoms with Crippen LogP contribution >= 0.6 is 0 Å². The predicted octanol–water partition coefficient (Wildman–Crippen LogP) is 2.33. The first kappa shape index (κ1) is 21.1. The number of carbonyl (C=O) groups excluding carboxylic acids is 1. The Balaban J connectivity index is 1.63. The van der Waals surface area contributed by atoms with Crippen LogP contribution in [0.15, 0.2) is 53.6 Å². The molecular weight excluding hydrogens is 390 g/mol. The van der Waals surface area contributed by atoms with Crippen molar-refractivity contribution >= 4 is 5.91 Å². The minimum Gasteiger partial charge on any atom is -0.350 e. The number of rotatable bonds is 6. The molecule has 3 aromatic rings. The topological polar surface area (TPSA) is 81.0 Å². The highest BCUT2D eigenvalue weighted by atomic mass is 16.2. The number of imidazole rings is 1. The lowest BCUT2D eigenvalue weighted by atomic mass is 9.98. The summed E-state index contributed by atoms with van der Waals surface area (Å²) in [5.74, 6) is 1.02. The van der Waals surface area contributed by atoms with Gasteiger partial charge < -0.3 is 19.8 Å². The highest BCUT2D eigenvalue weighted by Gasteiger charge is 2.19. The molecule has 0 aliphatic carbocycles. The molecule has 1 aliphatic rings. The molecule has 0 radical (unpaired) electrons. The van der Waals surface area contributed by atoms with E-state index in [0.717, 1.165) is 37.1 Å². The summed E-state index contributed by atoms with van der Waals surface area (Å²) < 4.78 is 3.54. The Morgan fingerprint density at radius 3 is 2.65 bits per heavy atom. The Morgan fingerprint density at radius 1 is 1.19 bits per heavy atom. The van der Waals surface area contributed by atoms with Gasteiger partial charge in [0.05, 0.1) is 0 Å². The van der Waals surface area contributed by atoms with Gasteiger partial charge in [0.25, 0.3) is 11.5 Å². The number of aromatic nitrogens is 3. The lowest BCUT2D eigenvalue weighted by Gasteiger charge is -2.22. The fourth-order valence-electron chi connectivity index (χ4n) is 4.07. The van der Waals surface area contributed by atoms with Gasteiger partial charge in [0, 0.05) is 43.7 Å². The maximum atomic E-state index is 12.9. The summed E-state index contributed by atoms with van der Waals surface area (Å²) in [5.41, 5.74) is 2.93. The van der Waals surface area contributed by atoms with E-state index < -0.39 is 0 Å². The Hall–Kier alpha value is -3.19. The highest BCUT2D eigenvalue weighted by Crippen LogP contribution is 2.21. The second kappa shape index (κ2) is 9.31. The van der Waals surface area contributed by atoms with Gasteiger partial charge >= 0.3 is 0 Å². The summed E-state index contributed by atoms with van der Waals surface area (Å²) in [7, 11) is 1.73. The summed E-state index contributed by atoms with van der Waals surface area (Å²) >= 11 is 0. The average molecular weight is 420 g/mol. The van der Waals surface area contributed by atoms with Crippen LogP contribution in [0.1, 0.15) is 34.5 Å². The van der Waals surface area contributed by atoms with E-state index in [1.807, 2.05) is 41.0 Å². The van der Waals surface area contributed by atoms with E-state index in [1.54, 1.807) is 30.9 Å². The first-order valence-electron chi connectivity index (χ1n) is 10.8. The first-order valence-corrected chi connectivity index (χ1v) is 10.8. The van der Waals surface area contributed by atoms with Crippen LogP contribution in [0.5, 0.6) is 0 Å². The molecule has 1 fully saturated rings. The summed E-state index contributed by atoms with van der Waals surface area (Å²) in [4.78, 5) is 29.7. The van der Waals surface area contributed by atoms with Gasteiger partial charge in [-0.2, -0.15) is 0 Å². The zero-order chi connectivity index (χ0) is 21.8. The van der Waals surface area contributed by atoms with E-state index in [2.05, 4.69) is 15.6 Å². The Kier molecular flexibility index (Phi) is 6.32. The van der Waals surface area contributed by atoms with Crippen molar-refractivity contribution in [3.05, 3.63) is 76.0 Å². The van der Waals surface area contributed by atoms with Crippen LogP contribution in [0.25, 0.3) is 11.4 Å². The molecule has 0 unspecified atom stereocenters. The number of benzene rings is 1. The van der Waals surface area contributed by atoms with Crippen LogP contribution in [0.2, 0.25) is 0 Å². The Labute approximate surface area is 182 Å². The number of nitrogens with zero attached hydrogens (tertiary/aromatic N) is 3. The molecule has 0 atom stereocenters. The number of aryl methyl sites for hydroxylation is 2. The molecule has 1 aromatic carbocycles. The molecular formula is C24H29N5O2. The zero-order valence-electron chi connectivity index (χ0n) is 18.1. The molecule has 31 heavy (non-hydrogen) atoms. The van der Waals surface area contributed by atoms with Crippen molar-refractivity contribution in [2.45, 2.75) is 26.3 Å². The van der Waals surface area contributed by atoms with E-state index in [0.29, 0.717) is 36.1 Å². The molecule has 7 nitrogen and oxygen atoms in total. The average Bonchev–Trinajstić information content (AvgIpc) is 3.20. The first-order chi connectivity index (χ1) is 15.0. The van der Waals surface area contributed by atoms with Gasteiger partial charge in [-0.1, -0.05) is 30.3 Å². The summed E-state index contributed by atoms with van der Waals surface area (Å²) in [5, 5.41) is 6.41. The third-order valence-electron chi connectivity index (χ3n) is 5.84. The maximum absolute atomic E-state index is 12.9. The van der Waals surface area contributed by atoms with E-state index in [-0.39, 0.29) is 11.5 Å². The second-order valence-electron chi connectivity index (χ2n) is 8.29. The Morgan fingerprint density at radius 2 is 1.94 bits per heavy atom. The van der Waals surface area contributed by atoms with Gasteiger partial charge in [-0.3, -0.25) is 9.59 Å². The summed E-state index contributed by atoms with van der Waals surface area (Å²) in [6.07, 6.45) is 5.73. The normalized spacial score (nSPS) is 14.5. The maximum Gasteiger partial charge on any atom is 0.271 e. The highest BCUT2D eigenvalue weighted by molar-refractivity contribution is 5.92. The third-order valence-corrected chi connectivity index (χ3v) is 5.84. The monoisotopic (exact) mass is 419 g/mol. The van der Waals surface area contributed by atoms with Crippen molar-refractivity contribution in [2.24, 2.45) is 13.0 Å². The van der Waals surface area contributed by atoms with Gasteiger partial charge in [0.15, 0.2) is 0 Å². The van der Waals surface area contributed by atoms with Crippen LogP contribution in [0.3, 0.4) is 0 Å². The number of carbonyl (C=O) groups is 1. The molecule has 162 valence electrons. The van der Waals surface area contributed by atoms with Gasteiger partial charge in [0.2, 0.25) is 0 Å². The number of amides is 1. The fourth-order valence-corrected chi connectivity index (χ4v) is 4.07. The minimum absolute atomic E-state index is 0.0372. The van der Waals surface area contributed by atoms with Crippen molar-refractivity contribution in [1.29, 1.82) is 0 Å². The standard InChI is InChI=1S/C24H29N5O2/c1-17-12-20(15-28(2)24(17)31)22-27-21(16-29(22)14-19-6-4-3-5-7-19)23(30)26-13-18-8-10-25-11-9-18/h3-7,12,15-16,18,25H,8-11,13-14H2,1-2H3,(H,26,30). The van der Waals surface area contributed by atoms with E-state index >= 15 is 0 Å². The molecule has 7 heteroatoms. The molecule has 0 spiro atoms. The molecule has 2 N–H and O–H groups in total. The van der Waals surface area contributed by atoms with Crippen molar-refractivity contribution in [2.75, 3.05) is 19.6 Å². The molecule has 1 aliphatic heterocycles. The molecule has 1 saturated heterocycles. The molecule has 3 heterocycles. The number of pyridine rings is 1. The SMILES string of the molecule is Cc1cc(-c2nc(C(=O)NCC3CCNCC3)cn2Cc2ccccc2)cn(C)c1=O. The largest absolute Gasteiger partial charge is 0.350 e. The van der Waals surface area contributed by atoms with Crippen LogP contribution in [-0.2, 0) is 13.6 Å². The molecule has 0 bridgehead atoms. The zero-order valence-corrected chi connectivity index (χ0v) is 18.1. The van der Waals surface area contributed by atoms with Gasteiger partial charge in [-0.05, 0) is 50.4 Å². The van der Waals surface area contributed by atoms with Gasteiger partial charge in [0.1, 0.15) is 11.5 Å². The smallest absolute Gasteiger partial charge is 0.271 e. The lowest BCUT2D eigenvalue weighted by molar-refractivity contribution is 0.0939. The van der Waals surface area contributed by atoms with E-state index in [9.17, 15) is 9.59 Å². The number of hydrogen-bond donors (Lipinski definition) is 2. The second-order valence-corrected chi connectivity index (χ2v) is 8.29. The van der Waals surface area contributed by atoms with Crippen molar-refractivity contribution in [3.63, 3.8) is 0 Å². The quantitative estimate of drug-likeness (QED) is 0.643. The number of nitrogens with one attached hydrogen (secondary N) is 2. The third kappa shape index (κ3) is 4.94. The van der Waals surface area contributed by atoms with E-state index in [1.165, 1.54) is 0 Å². The molecule has 0 saturated carbocycles. The van der Waals surface area contributed by atoms with Crippen molar-refractivity contribution in [1.82, 2.24) is 24.8 Å². The van der Waals surface area contributed by atoms with Crippen LogP contribution < -0.4 is 16.2 Å². The van der Waals surface area contributed by atoms with Crippen molar-refractivity contribution in [3.8, 4) is 11.4 Å². The molecule has 2 aromatic heterocycles. The lowest BCUT2D eigenvalue weighted by Crippen LogP contribution is -2.36. The van der Waals surface area contributed by atoms with E-state index in [4.69, 9.17) is 0 Å². The summed E-state index contributed by atoms with van der Waals surface area (Å²) in [6.45, 7) is 5.06. The Bertz CT molecular complexity index is 1080.